The molecule has 1 N–H and O–H groups in total. The fourth-order valence-electron chi connectivity index (χ4n) is 2.81. The summed E-state index contributed by atoms with van der Waals surface area (Å²) >= 11 is 0. The van der Waals surface area contributed by atoms with Crippen molar-refractivity contribution in [1.82, 2.24) is 4.90 Å². The maximum absolute atomic E-state index is 13.2. The minimum atomic E-state index is -0.280. The molecular weight excluding hydrogens is 279 g/mol. The van der Waals surface area contributed by atoms with E-state index in [-0.39, 0.29) is 23.9 Å². The van der Waals surface area contributed by atoms with E-state index in [9.17, 15) is 9.18 Å². The highest BCUT2D eigenvalue weighted by Crippen LogP contribution is 2.34. The first-order chi connectivity index (χ1) is 10.6. The van der Waals surface area contributed by atoms with Crippen molar-refractivity contribution < 1.29 is 9.18 Å². The number of anilines is 1. The number of benzene rings is 2. The summed E-state index contributed by atoms with van der Waals surface area (Å²) in [5.41, 5.74) is 2.38. The van der Waals surface area contributed by atoms with Crippen LogP contribution in [0.3, 0.4) is 0 Å². The summed E-state index contributed by atoms with van der Waals surface area (Å²) in [5, 5.41) is 3.41. The normalized spacial score (nSPS) is 18.6. The molecule has 0 bridgehead atoms. The standard InChI is InChI=1S/C18H19FN2O/c1-3-12(2)21-17(13-8-10-14(19)11-9-13)20-16-7-5-4-6-15(16)18(21)22/h4-12,17,20H,3H2,1-2H3. The highest BCUT2D eigenvalue weighted by Gasteiger charge is 2.35. The second kappa shape index (κ2) is 5.79. The van der Waals surface area contributed by atoms with Gasteiger partial charge in [0.1, 0.15) is 12.0 Å². The third-order valence-corrected chi connectivity index (χ3v) is 4.21. The third kappa shape index (κ3) is 2.45. The smallest absolute Gasteiger partial charge is 0.258 e. The van der Waals surface area contributed by atoms with Crippen LogP contribution < -0.4 is 5.32 Å². The number of para-hydroxylation sites is 1. The summed E-state index contributed by atoms with van der Waals surface area (Å²) in [6.07, 6.45) is 0.575. The van der Waals surface area contributed by atoms with Gasteiger partial charge in [-0.15, -0.1) is 0 Å². The van der Waals surface area contributed by atoms with Crippen LogP contribution in [0.2, 0.25) is 0 Å². The van der Waals surface area contributed by atoms with Gasteiger partial charge in [0, 0.05) is 11.7 Å². The molecule has 0 fully saturated rings. The number of hydrogen-bond donors (Lipinski definition) is 1. The van der Waals surface area contributed by atoms with Crippen molar-refractivity contribution in [2.24, 2.45) is 0 Å². The molecule has 2 atom stereocenters. The molecule has 0 saturated carbocycles. The van der Waals surface area contributed by atoms with Gasteiger partial charge in [-0.3, -0.25) is 4.79 Å². The van der Waals surface area contributed by atoms with Gasteiger partial charge in [0.15, 0.2) is 0 Å². The number of amides is 1. The van der Waals surface area contributed by atoms with Crippen molar-refractivity contribution >= 4 is 11.6 Å². The molecule has 2 aromatic rings. The monoisotopic (exact) mass is 298 g/mol. The quantitative estimate of drug-likeness (QED) is 0.921. The van der Waals surface area contributed by atoms with Crippen molar-refractivity contribution in [2.45, 2.75) is 32.5 Å². The van der Waals surface area contributed by atoms with Crippen LogP contribution in [0, 0.1) is 5.82 Å². The van der Waals surface area contributed by atoms with Crippen molar-refractivity contribution in [1.29, 1.82) is 0 Å². The molecule has 4 heteroatoms. The molecule has 3 nitrogen and oxygen atoms in total. The van der Waals surface area contributed by atoms with Gasteiger partial charge in [-0.2, -0.15) is 0 Å². The van der Waals surface area contributed by atoms with Gasteiger partial charge in [0.05, 0.1) is 5.56 Å². The van der Waals surface area contributed by atoms with Crippen LogP contribution in [-0.4, -0.2) is 16.8 Å². The maximum atomic E-state index is 13.2. The van der Waals surface area contributed by atoms with E-state index >= 15 is 0 Å². The molecule has 1 heterocycles. The van der Waals surface area contributed by atoms with E-state index in [2.05, 4.69) is 12.2 Å². The Labute approximate surface area is 129 Å². The molecule has 1 aliphatic rings. The molecule has 2 aromatic carbocycles. The van der Waals surface area contributed by atoms with Gasteiger partial charge in [-0.1, -0.05) is 31.2 Å². The molecular formula is C18H19FN2O. The highest BCUT2D eigenvalue weighted by atomic mass is 19.1. The molecule has 0 saturated heterocycles. The lowest BCUT2D eigenvalue weighted by molar-refractivity contribution is 0.0593. The van der Waals surface area contributed by atoms with Crippen molar-refractivity contribution in [3.8, 4) is 0 Å². The average molecular weight is 298 g/mol. The number of rotatable bonds is 3. The fourth-order valence-corrected chi connectivity index (χ4v) is 2.81. The lowest BCUT2D eigenvalue weighted by Gasteiger charge is -2.41. The minimum Gasteiger partial charge on any atom is -0.361 e. The van der Waals surface area contributed by atoms with Gasteiger partial charge < -0.3 is 10.2 Å². The zero-order valence-electron chi connectivity index (χ0n) is 12.7. The van der Waals surface area contributed by atoms with Gasteiger partial charge in [0.25, 0.3) is 5.91 Å². The van der Waals surface area contributed by atoms with Crippen LogP contribution >= 0.6 is 0 Å². The van der Waals surface area contributed by atoms with Crippen LogP contribution in [0.4, 0.5) is 10.1 Å². The summed E-state index contributed by atoms with van der Waals surface area (Å²) in [6.45, 7) is 4.09. The predicted octanol–water partition coefficient (Wildman–Crippen LogP) is 4.19. The second-order valence-electron chi connectivity index (χ2n) is 5.61. The van der Waals surface area contributed by atoms with Crippen LogP contribution in [0.15, 0.2) is 48.5 Å². The van der Waals surface area contributed by atoms with E-state index in [1.165, 1.54) is 12.1 Å². The fraction of sp³-hybridized carbons (Fsp3) is 0.278. The van der Waals surface area contributed by atoms with E-state index < -0.39 is 0 Å². The summed E-state index contributed by atoms with van der Waals surface area (Å²) in [4.78, 5) is 14.7. The van der Waals surface area contributed by atoms with Crippen LogP contribution in [-0.2, 0) is 0 Å². The molecule has 1 aliphatic heterocycles. The minimum absolute atomic E-state index is 0.0121. The Morgan fingerprint density at radius 2 is 1.86 bits per heavy atom. The van der Waals surface area contributed by atoms with Gasteiger partial charge in [0.2, 0.25) is 0 Å². The summed E-state index contributed by atoms with van der Waals surface area (Å²) in [6, 6.07) is 13.9. The summed E-state index contributed by atoms with van der Waals surface area (Å²) in [5.74, 6) is -0.264. The predicted molar refractivity (Wildman–Crippen MR) is 85.1 cm³/mol. The van der Waals surface area contributed by atoms with Crippen LogP contribution in [0.25, 0.3) is 0 Å². The Morgan fingerprint density at radius 1 is 1.18 bits per heavy atom. The molecule has 0 aromatic heterocycles. The highest BCUT2D eigenvalue weighted by molar-refractivity contribution is 6.01. The molecule has 0 radical (unpaired) electrons. The number of fused-ring (bicyclic) bond motifs is 1. The number of carbonyl (C=O) groups is 1. The Bertz CT molecular complexity index is 684. The molecule has 114 valence electrons. The number of carbonyl (C=O) groups excluding carboxylic acids is 1. The van der Waals surface area contributed by atoms with Crippen LogP contribution in [0.5, 0.6) is 0 Å². The number of hydrogen-bond acceptors (Lipinski definition) is 2. The van der Waals surface area contributed by atoms with E-state index in [0.29, 0.717) is 5.56 Å². The summed E-state index contributed by atoms with van der Waals surface area (Å²) in [7, 11) is 0. The van der Waals surface area contributed by atoms with Gasteiger partial charge in [-0.05, 0) is 43.2 Å². The van der Waals surface area contributed by atoms with Gasteiger partial charge >= 0.3 is 0 Å². The van der Waals surface area contributed by atoms with E-state index in [1.54, 1.807) is 12.1 Å². The first kappa shape index (κ1) is 14.6. The van der Waals surface area contributed by atoms with Crippen molar-refractivity contribution in [2.75, 3.05) is 5.32 Å². The number of nitrogens with zero attached hydrogens (tertiary/aromatic N) is 1. The number of nitrogens with one attached hydrogen (secondary N) is 1. The van der Waals surface area contributed by atoms with Crippen molar-refractivity contribution in [3.63, 3.8) is 0 Å². The largest absolute Gasteiger partial charge is 0.361 e. The Hall–Kier alpha value is -2.36. The Morgan fingerprint density at radius 3 is 2.55 bits per heavy atom. The molecule has 22 heavy (non-hydrogen) atoms. The molecule has 0 spiro atoms. The Kier molecular flexibility index (Phi) is 3.84. The first-order valence-electron chi connectivity index (χ1n) is 7.55. The molecule has 1 amide bonds. The lowest BCUT2D eigenvalue weighted by Crippen LogP contribution is -2.47. The zero-order chi connectivity index (χ0) is 15.7. The SMILES string of the molecule is CCC(C)N1C(=O)c2ccccc2NC1c1ccc(F)cc1. The average Bonchev–Trinajstić information content (AvgIpc) is 2.55. The van der Waals surface area contributed by atoms with E-state index in [0.717, 1.165) is 17.7 Å². The Balaban J connectivity index is 2.06. The topological polar surface area (TPSA) is 32.3 Å². The first-order valence-corrected chi connectivity index (χ1v) is 7.55. The zero-order valence-corrected chi connectivity index (χ0v) is 12.7. The number of halogens is 1. The molecule has 3 rings (SSSR count). The summed E-state index contributed by atoms with van der Waals surface area (Å²) < 4.78 is 13.2. The maximum Gasteiger partial charge on any atom is 0.258 e. The molecule has 2 unspecified atom stereocenters. The van der Waals surface area contributed by atoms with Crippen molar-refractivity contribution in [3.05, 3.63) is 65.5 Å². The van der Waals surface area contributed by atoms with E-state index in [4.69, 9.17) is 0 Å². The molecule has 0 aliphatic carbocycles. The third-order valence-electron chi connectivity index (χ3n) is 4.21. The second-order valence-corrected chi connectivity index (χ2v) is 5.61. The van der Waals surface area contributed by atoms with Gasteiger partial charge in [-0.25, -0.2) is 4.39 Å². The van der Waals surface area contributed by atoms with E-state index in [1.807, 2.05) is 36.1 Å². The van der Waals surface area contributed by atoms with Crippen LogP contribution in [0.1, 0.15) is 42.4 Å². The lowest BCUT2D eigenvalue weighted by atomic mass is 10.0.